The van der Waals surface area contributed by atoms with Crippen LogP contribution in [0.5, 0.6) is 0 Å². The van der Waals surface area contributed by atoms with E-state index in [1.54, 1.807) is 0 Å². The molecule has 2 fully saturated rings. The monoisotopic (exact) mass is 297 g/mol. The van der Waals surface area contributed by atoms with Crippen molar-refractivity contribution in [2.75, 3.05) is 19.6 Å². The Morgan fingerprint density at radius 3 is 2.57 bits per heavy atom. The molecule has 0 radical (unpaired) electrons. The van der Waals surface area contributed by atoms with Gasteiger partial charge in [-0.05, 0) is 59.4 Å². The third kappa shape index (κ3) is 5.47. The molecule has 122 valence electrons. The summed E-state index contributed by atoms with van der Waals surface area (Å²) in [5.74, 6) is 0. The average Bonchev–Trinajstić information content (AvgIpc) is 2.34. The Morgan fingerprint density at radius 2 is 2.05 bits per heavy atom. The molecule has 21 heavy (non-hydrogen) atoms. The van der Waals surface area contributed by atoms with Crippen LogP contribution in [0, 0.1) is 0 Å². The number of carbonyl (C=O) groups is 1. The first-order valence-corrected chi connectivity index (χ1v) is 8.34. The number of alkyl carbamates (subject to hydrolysis) is 1. The van der Waals surface area contributed by atoms with Gasteiger partial charge in [0.05, 0.1) is 5.54 Å². The van der Waals surface area contributed by atoms with Crippen molar-refractivity contribution in [3.8, 4) is 0 Å². The van der Waals surface area contributed by atoms with Gasteiger partial charge in [0.2, 0.25) is 0 Å². The number of hydrogen-bond donors (Lipinski definition) is 3. The van der Waals surface area contributed by atoms with Gasteiger partial charge in [0.15, 0.2) is 0 Å². The molecule has 0 aromatic carbocycles. The minimum absolute atomic E-state index is 0.100. The molecule has 1 atom stereocenters. The van der Waals surface area contributed by atoms with E-state index in [9.17, 15) is 4.79 Å². The molecule has 3 N–H and O–H groups in total. The van der Waals surface area contributed by atoms with Crippen molar-refractivity contribution in [2.45, 2.75) is 76.5 Å². The summed E-state index contributed by atoms with van der Waals surface area (Å²) in [7, 11) is 0. The maximum atomic E-state index is 12.0. The minimum Gasteiger partial charge on any atom is -0.444 e. The molecule has 1 saturated carbocycles. The lowest BCUT2D eigenvalue weighted by Gasteiger charge is -2.43. The molecule has 1 saturated heterocycles. The largest absolute Gasteiger partial charge is 0.444 e. The van der Waals surface area contributed by atoms with E-state index in [1.807, 2.05) is 20.8 Å². The highest BCUT2D eigenvalue weighted by Gasteiger charge is 2.39. The van der Waals surface area contributed by atoms with E-state index in [0.29, 0.717) is 6.04 Å². The molecule has 1 heterocycles. The smallest absolute Gasteiger partial charge is 0.408 e. The lowest BCUT2D eigenvalue weighted by Crippen LogP contribution is -2.60. The quantitative estimate of drug-likeness (QED) is 0.728. The number of amides is 1. The van der Waals surface area contributed by atoms with Gasteiger partial charge in [0.1, 0.15) is 5.60 Å². The second-order valence-corrected chi connectivity index (χ2v) is 7.54. The van der Waals surface area contributed by atoms with Crippen molar-refractivity contribution in [3.63, 3.8) is 0 Å². The molecule has 1 unspecified atom stereocenters. The summed E-state index contributed by atoms with van der Waals surface area (Å²) in [5.41, 5.74) is -0.536. The van der Waals surface area contributed by atoms with Crippen LogP contribution in [0.2, 0.25) is 0 Å². The van der Waals surface area contributed by atoms with Crippen LogP contribution in [-0.4, -0.2) is 42.9 Å². The maximum Gasteiger partial charge on any atom is 0.408 e. The number of piperidine rings is 1. The van der Waals surface area contributed by atoms with Crippen LogP contribution < -0.4 is 16.0 Å². The van der Waals surface area contributed by atoms with Gasteiger partial charge in [-0.1, -0.05) is 6.42 Å². The fraction of sp³-hybridized carbons (Fsp3) is 0.938. The molecule has 1 aliphatic carbocycles. The fourth-order valence-corrected chi connectivity index (χ4v) is 3.05. The van der Waals surface area contributed by atoms with Crippen LogP contribution in [0.15, 0.2) is 0 Å². The van der Waals surface area contributed by atoms with E-state index < -0.39 is 5.60 Å². The van der Waals surface area contributed by atoms with Crippen molar-refractivity contribution >= 4 is 6.09 Å². The topological polar surface area (TPSA) is 62.4 Å². The van der Waals surface area contributed by atoms with Crippen molar-refractivity contribution in [2.24, 2.45) is 0 Å². The minimum atomic E-state index is -0.436. The Kier molecular flexibility index (Phi) is 5.49. The average molecular weight is 297 g/mol. The van der Waals surface area contributed by atoms with Crippen LogP contribution >= 0.6 is 0 Å². The van der Waals surface area contributed by atoms with Gasteiger partial charge in [0, 0.05) is 19.1 Å². The summed E-state index contributed by atoms with van der Waals surface area (Å²) >= 11 is 0. The summed E-state index contributed by atoms with van der Waals surface area (Å²) < 4.78 is 5.38. The molecule has 2 aliphatic rings. The highest BCUT2D eigenvalue weighted by atomic mass is 16.6. The van der Waals surface area contributed by atoms with Gasteiger partial charge in [-0.2, -0.15) is 0 Å². The summed E-state index contributed by atoms with van der Waals surface area (Å²) in [5, 5.41) is 10.2. The first kappa shape index (κ1) is 16.6. The molecule has 0 aromatic heterocycles. The molecular weight excluding hydrogens is 266 g/mol. The molecule has 1 aliphatic heterocycles. The van der Waals surface area contributed by atoms with Crippen molar-refractivity contribution in [1.82, 2.24) is 16.0 Å². The Morgan fingerprint density at radius 1 is 1.29 bits per heavy atom. The highest BCUT2D eigenvalue weighted by molar-refractivity contribution is 5.69. The molecule has 1 amide bonds. The maximum absolute atomic E-state index is 12.0. The summed E-state index contributed by atoms with van der Waals surface area (Å²) in [6.07, 6.45) is 6.83. The number of nitrogens with one attached hydrogen (secondary N) is 3. The Hall–Kier alpha value is -0.810. The molecular formula is C16H31N3O2. The summed E-state index contributed by atoms with van der Waals surface area (Å²) in [4.78, 5) is 12.0. The lowest BCUT2D eigenvalue weighted by molar-refractivity contribution is 0.0382. The number of hydrogen-bond acceptors (Lipinski definition) is 4. The van der Waals surface area contributed by atoms with Crippen LogP contribution in [0.1, 0.15) is 59.3 Å². The van der Waals surface area contributed by atoms with Crippen LogP contribution in [0.3, 0.4) is 0 Å². The predicted molar refractivity (Wildman–Crippen MR) is 84.5 cm³/mol. The lowest BCUT2D eigenvalue weighted by atomic mass is 9.76. The van der Waals surface area contributed by atoms with Crippen molar-refractivity contribution < 1.29 is 9.53 Å². The fourth-order valence-electron chi connectivity index (χ4n) is 3.05. The zero-order valence-corrected chi connectivity index (χ0v) is 13.8. The van der Waals surface area contributed by atoms with E-state index in [0.717, 1.165) is 32.5 Å². The highest BCUT2D eigenvalue weighted by Crippen LogP contribution is 2.31. The van der Waals surface area contributed by atoms with E-state index in [2.05, 4.69) is 16.0 Å². The Balaban J connectivity index is 1.72. The van der Waals surface area contributed by atoms with Gasteiger partial charge in [0.25, 0.3) is 0 Å². The van der Waals surface area contributed by atoms with Crippen molar-refractivity contribution in [3.05, 3.63) is 0 Å². The normalized spacial score (nSPS) is 25.0. The SMILES string of the molecule is CC(C)(C)OC(=O)NC1(CNCC2CCCCN2)CCC1. The summed E-state index contributed by atoms with van der Waals surface area (Å²) in [6, 6.07) is 0.581. The van der Waals surface area contributed by atoms with E-state index >= 15 is 0 Å². The second kappa shape index (κ2) is 6.97. The predicted octanol–water partition coefficient (Wildman–Crippen LogP) is 2.17. The van der Waals surface area contributed by atoms with Crippen LogP contribution in [0.25, 0.3) is 0 Å². The Labute approximate surface area is 128 Å². The third-order valence-electron chi connectivity index (χ3n) is 4.34. The molecule has 5 heteroatoms. The standard InChI is InChI=1S/C16H31N3O2/c1-15(2,3)21-14(20)19-16(8-6-9-16)12-17-11-13-7-4-5-10-18-13/h13,17-18H,4-12H2,1-3H3,(H,19,20). The van der Waals surface area contributed by atoms with E-state index in [1.165, 1.54) is 25.7 Å². The van der Waals surface area contributed by atoms with Gasteiger partial charge in [-0.3, -0.25) is 0 Å². The summed E-state index contributed by atoms with van der Waals surface area (Å²) in [6.45, 7) is 8.64. The first-order chi connectivity index (χ1) is 9.89. The molecule has 0 bridgehead atoms. The van der Waals surface area contributed by atoms with Gasteiger partial charge < -0.3 is 20.7 Å². The number of carbonyl (C=O) groups excluding carboxylic acids is 1. The van der Waals surface area contributed by atoms with Gasteiger partial charge >= 0.3 is 6.09 Å². The first-order valence-electron chi connectivity index (χ1n) is 8.34. The zero-order valence-electron chi connectivity index (χ0n) is 13.8. The van der Waals surface area contributed by atoms with Gasteiger partial charge in [-0.15, -0.1) is 0 Å². The van der Waals surface area contributed by atoms with Crippen molar-refractivity contribution in [1.29, 1.82) is 0 Å². The van der Waals surface area contributed by atoms with Crippen LogP contribution in [-0.2, 0) is 4.74 Å². The Bertz CT molecular complexity index is 342. The molecule has 0 aromatic rings. The van der Waals surface area contributed by atoms with E-state index in [-0.39, 0.29) is 11.6 Å². The molecule has 5 nitrogen and oxygen atoms in total. The van der Waals surface area contributed by atoms with Crippen LogP contribution in [0.4, 0.5) is 4.79 Å². The van der Waals surface area contributed by atoms with Gasteiger partial charge in [-0.25, -0.2) is 4.79 Å². The third-order valence-corrected chi connectivity index (χ3v) is 4.34. The zero-order chi connectivity index (χ0) is 15.3. The number of ether oxygens (including phenoxy) is 1. The van der Waals surface area contributed by atoms with E-state index in [4.69, 9.17) is 4.74 Å². The molecule has 0 spiro atoms. The number of rotatable bonds is 5. The second-order valence-electron chi connectivity index (χ2n) is 7.54. The molecule has 2 rings (SSSR count).